The molecule has 4 unspecified atom stereocenters. The molecule has 0 aromatic heterocycles. The predicted octanol–water partition coefficient (Wildman–Crippen LogP) is 6.12. The molecule has 0 spiro atoms. The van der Waals surface area contributed by atoms with E-state index in [0.717, 1.165) is 36.4 Å². The summed E-state index contributed by atoms with van der Waals surface area (Å²) in [6, 6.07) is 11.1. The fraction of sp³-hybridized carbons (Fsp3) is 0.448. The normalized spacial score (nSPS) is 21.9. The molecule has 0 amide bonds. The number of carbonyl (C=O) groups is 2. The Balaban J connectivity index is 1.66. The van der Waals surface area contributed by atoms with Crippen LogP contribution in [-0.4, -0.2) is 42.8 Å². The number of hydrogen-bond donors (Lipinski definition) is 1. The number of hydrogen-bond acceptors (Lipinski definition) is 5. The molecule has 0 saturated heterocycles. The van der Waals surface area contributed by atoms with Crippen LogP contribution in [-0.2, 0) is 16.0 Å². The molecule has 192 valence electrons. The maximum Gasteiger partial charge on any atom is 0.335 e. The number of fused-ring (bicyclic) bond motifs is 1. The van der Waals surface area contributed by atoms with E-state index >= 15 is 0 Å². The number of carbonyl (C=O) groups excluding carboxylic acids is 1. The van der Waals surface area contributed by atoms with Crippen molar-refractivity contribution < 1.29 is 24.2 Å². The van der Waals surface area contributed by atoms with Crippen LogP contribution in [0.25, 0.3) is 0 Å². The van der Waals surface area contributed by atoms with Crippen molar-refractivity contribution in [2.45, 2.75) is 51.6 Å². The van der Waals surface area contributed by atoms with Crippen LogP contribution in [0.3, 0.4) is 0 Å². The van der Waals surface area contributed by atoms with Crippen molar-refractivity contribution in [2.24, 2.45) is 11.8 Å². The molecule has 1 fully saturated rings. The van der Waals surface area contributed by atoms with Crippen molar-refractivity contribution >= 4 is 29.2 Å². The van der Waals surface area contributed by atoms with Crippen molar-refractivity contribution in [3.8, 4) is 5.75 Å². The van der Waals surface area contributed by atoms with Gasteiger partial charge in [0, 0.05) is 36.9 Å². The summed E-state index contributed by atoms with van der Waals surface area (Å²) in [5, 5.41) is 10.4. The maximum atomic E-state index is 11.8. The Hall–Kier alpha value is -2.99. The van der Waals surface area contributed by atoms with Gasteiger partial charge in [-0.3, -0.25) is 4.79 Å². The van der Waals surface area contributed by atoms with Crippen LogP contribution in [0.1, 0.15) is 60.5 Å². The van der Waals surface area contributed by atoms with Gasteiger partial charge in [-0.15, -0.1) is 0 Å². The molecule has 4 atom stereocenters. The number of halogens is 1. The quantitative estimate of drug-likeness (QED) is 0.323. The lowest BCUT2D eigenvalue weighted by molar-refractivity contribution is -0.149. The molecule has 1 saturated carbocycles. The molecule has 1 heterocycles. The van der Waals surface area contributed by atoms with Gasteiger partial charge in [-0.05, 0) is 66.6 Å². The van der Waals surface area contributed by atoms with Gasteiger partial charge in [0.2, 0.25) is 0 Å². The van der Waals surface area contributed by atoms with Crippen molar-refractivity contribution in [3.63, 3.8) is 0 Å². The van der Waals surface area contributed by atoms with Crippen LogP contribution in [0.4, 0.5) is 5.69 Å². The Morgan fingerprint density at radius 3 is 2.72 bits per heavy atom. The Bertz CT molecular complexity index is 1130. The molecule has 4 rings (SSSR count). The first kappa shape index (κ1) is 26.1. The van der Waals surface area contributed by atoms with E-state index in [1.165, 1.54) is 18.1 Å². The van der Waals surface area contributed by atoms with E-state index in [-0.39, 0.29) is 35.4 Å². The molecule has 1 aliphatic carbocycles. The van der Waals surface area contributed by atoms with E-state index < -0.39 is 5.97 Å². The Morgan fingerprint density at radius 2 is 2.08 bits per heavy atom. The number of ether oxygens (including phenoxy) is 2. The summed E-state index contributed by atoms with van der Waals surface area (Å²) in [5.41, 5.74) is 3.45. The molecule has 0 bridgehead atoms. The van der Waals surface area contributed by atoms with Crippen LogP contribution in [0.15, 0.2) is 49.1 Å². The third-order valence-electron chi connectivity index (χ3n) is 7.38. The molecular weight excluding hydrogens is 478 g/mol. The third-order valence-corrected chi connectivity index (χ3v) is 7.61. The van der Waals surface area contributed by atoms with Crippen molar-refractivity contribution in [3.05, 3.63) is 70.8 Å². The molecule has 0 radical (unpaired) electrons. The average molecular weight is 512 g/mol. The maximum absolute atomic E-state index is 11.8. The van der Waals surface area contributed by atoms with Gasteiger partial charge in [-0.2, -0.15) is 0 Å². The van der Waals surface area contributed by atoms with E-state index in [0.29, 0.717) is 25.4 Å². The molecule has 2 aromatic carbocycles. The smallest absolute Gasteiger partial charge is 0.335 e. The van der Waals surface area contributed by atoms with Gasteiger partial charge >= 0.3 is 11.9 Å². The summed E-state index contributed by atoms with van der Waals surface area (Å²) >= 11 is 6.32. The zero-order valence-corrected chi connectivity index (χ0v) is 21.7. The highest BCUT2D eigenvalue weighted by atomic mass is 35.5. The van der Waals surface area contributed by atoms with Gasteiger partial charge in [0.25, 0.3) is 0 Å². The number of aryl methyl sites for hydroxylation is 1. The minimum Gasteiger partial charge on any atom is -0.491 e. The van der Waals surface area contributed by atoms with E-state index in [9.17, 15) is 14.7 Å². The molecule has 2 aliphatic rings. The monoisotopic (exact) mass is 511 g/mol. The predicted molar refractivity (Wildman–Crippen MR) is 141 cm³/mol. The average Bonchev–Trinajstić information content (AvgIpc) is 3.00. The van der Waals surface area contributed by atoms with E-state index in [4.69, 9.17) is 21.1 Å². The summed E-state index contributed by atoms with van der Waals surface area (Å²) in [7, 11) is 0. The molecule has 1 aliphatic heterocycles. The van der Waals surface area contributed by atoms with Crippen LogP contribution < -0.4 is 9.64 Å². The van der Waals surface area contributed by atoms with Gasteiger partial charge in [-0.1, -0.05) is 43.7 Å². The van der Waals surface area contributed by atoms with Gasteiger partial charge in [0.15, 0.2) is 0 Å². The summed E-state index contributed by atoms with van der Waals surface area (Å²) < 4.78 is 11.8. The van der Waals surface area contributed by atoms with E-state index in [2.05, 4.69) is 24.5 Å². The Labute approximate surface area is 217 Å². The second kappa shape index (κ2) is 11.4. The number of anilines is 1. The largest absolute Gasteiger partial charge is 0.491 e. The highest BCUT2D eigenvalue weighted by Gasteiger charge is 2.39. The van der Waals surface area contributed by atoms with Crippen molar-refractivity contribution in [1.29, 1.82) is 0 Å². The van der Waals surface area contributed by atoms with Crippen LogP contribution in [0, 0.1) is 11.8 Å². The zero-order chi connectivity index (χ0) is 25.8. The molecule has 2 aromatic rings. The summed E-state index contributed by atoms with van der Waals surface area (Å²) in [6.07, 6.45) is 5.30. The van der Waals surface area contributed by atoms with Crippen LogP contribution in [0.5, 0.6) is 5.75 Å². The first-order valence-electron chi connectivity index (χ1n) is 12.6. The number of nitrogens with zero attached hydrogens (tertiary/aromatic N) is 1. The minimum atomic E-state index is -0.968. The minimum absolute atomic E-state index is 0.0895. The van der Waals surface area contributed by atoms with Gasteiger partial charge < -0.3 is 19.5 Å². The number of carboxylic acid groups (broad SMARTS) is 1. The fourth-order valence-electron chi connectivity index (χ4n) is 5.49. The van der Waals surface area contributed by atoms with Gasteiger partial charge in [-0.25, -0.2) is 4.79 Å². The lowest BCUT2D eigenvalue weighted by atomic mass is 9.70. The van der Waals surface area contributed by atoms with E-state index in [1.807, 2.05) is 12.1 Å². The summed E-state index contributed by atoms with van der Waals surface area (Å²) in [6.45, 7) is 9.34. The first-order chi connectivity index (χ1) is 17.3. The zero-order valence-electron chi connectivity index (χ0n) is 20.9. The second-order valence-electron chi connectivity index (χ2n) is 9.80. The Kier molecular flexibility index (Phi) is 8.24. The van der Waals surface area contributed by atoms with Crippen molar-refractivity contribution in [2.75, 3.05) is 24.6 Å². The van der Waals surface area contributed by atoms with Gasteiger partial charge in [0.1, 0.15) is 11.9 Å². The Morgan fingerprint density at radius 1 is 1.28 bits per heavy atom. The lowest BCUT2D eigenvalue weighted by Gasteiger charge is -2.43. The summed E-state index contributed by atoms with van der Waals surface area (Å²) in [4.78, 5) is 25.6. The number of carboxylic acids is 1. The fourth-order valence-corrected chi connectivity index (χ4v) is 5.68. The molecule has 7 heteroatoms. The standard InChI is InChI=1S/C29H34ClNO5/c1-4-6-19-13-23(30)9-11-24(19)22-16-31(15-21-7-10-25(21)27(5-2)36-18(3)32)26-14-20(29(33)34)8-12-28(26)35-17-22/h5,8-9,11-14,21-22,25,27H,2,4,6-7,10,15-17H2,1,3H3,(H,33,34). The van der Waals surface area contributed by atoms with E-state index in [1.54, 1.807) is 24.3 Å². The highest BCUT2D eigenvalue weighted by molar-refractivity contribution is 6.30. The summed E-state index contributed by atoms with van der Waals surface area (Å²) in [5.74, 6) is -0.0311. The highest BCUT2D eigenvalue weighted by Crippen LogP contribution is 2.43. The molecular formula is C29H34ClNO5. The van der Waals surface area contributed by atoms with Crippen LogP contribution >= 0.6 is 11.6 Å². The molecule has 36 heavy (non-hydrogen) atoms. The van der Waals surface area contributed by atoms with Crippen LogP contribution in [0.2, 0.25) is 5.02 Å². The number of esters is 1. The molecule has 6 nitrogen and oxygen atoms in total. The van der Waals surface area contributed by atoms with Crippen molar-refractivity contribution in [1.82, 2.24) is 0 Å². The number of benzene rings is 2. The topological polar surface area (TPSA) is 76.1 Å². The number of aromatic carboxylic acids is 1. The van der Waals surface area contributed by atoms with Gasteiger partial charge in [0.05, 0.1) is 17.9 Å². The second-order valence-corrected chi connectivity index (χ2v) is 10.2. The first-order valence-corrected chi connectivity index (χ1v) is 13.0. The lowest BCUT2D eigenvalue weighted by Crippen LogP contribution is -2.45. The SMILES string of the molecule is C=CC(OC(C)=O)C1CCC1CN1CC(c2ccc(Cl)cc2CCC)COc2ccc(C(=O)O)cc21. The number of rotatable bonds is 9. The third kappa shape index (κ3) is 5.70. The molecule has 1 N–H and O–H groups in total.